The van der Waals surface area contributed by atoms with Crippen molar-refractivity contribution in [2.75, 3.05) is 32.8 Å². The lowest BCUT2D eigenvalue weighted by Gasteiger charge is -2.34. The van der Waals surface area contributed by atoms with E-state index in [0.29, 0.717) is 25.5 Å². The molecule has 9 heteroatoms. The Kier molecular flexibility index (Phi) is 6.02. The molecule has 0 amide bonds. The SMILES string of the molecule is CCn1cc(S(=O)(=O)NCC(c2ccccn2)N2CCOCC2)c(C)n1. The van der Waals surface area contributed by atoms with E-state index in [1.165, 1.54) is 0 Å². The molecule has 142 valence electrons. The van der Waals surface area contributed by atoms with E-state index in [1.54, 1.807) is 24.0 Å². The maximum Gasteiger partial charge on any atom is 0.244 e. The highest BCUT2D eigenvalue weighted by molar-refractivity contribution is 7.89. The zero-order valence-corrected chi connectivity index (χ0v) is 15.9. The highest BCUT2D eigenvalue weighted by Gasteiger charge is 2.27. The van der Waals surface area contributed by atoms with E-state index >= 15 is 0 Å². The first-order valence-corrected chi connectivity index (χ1v) is 10.3. The second kappa shape index (κ2) is 8.26. The van der Waals surface area contributed by atoms with Gasteiger partial charge in [-0.15, -0.1) is 0 Å². The van der Waals surface area contributed by atoms with Crippen LogP contribution < -0.4 is 4.72 Å². The van der Waals surface area contributed by atoms with E-state index in [-0.39, 0.29) is 17.5 Å². The molecule has 3 rings (SSSR count). The molecule has 1 unspecified atom stereocenters. The minimum Gasteiger partial charge on any atom is -0.379 e. The lowest BCUT2D eigenvalue weighted by atomic mass is 10.1. The van der Waals surface area contributed by atoms with Gasteiger partial charge in [-0.1, -0.05) is 6.07 Å². The Morgan fingerprint density at radius 3 is 2.69 bits per heavy atom. The predicted octanol–water partition coefficient (Wildman–Crippen LogP) is 0.958. The van der Waals surface area contributed by atoms with Crippen molar-refractivity contribution in [1.29, 1.82) is 0 Å². The quantitative estimate of drug-likeness (QED) is 0.771. The summed E-state index contributed by atoms with van der Waals surface area (Å²) in [6, 6.07) is 5.55. The van der Waals surface area contributed by atoms with Crippen LogP contribution in [0.2, 0.25) is 0 Å². The Morgan fingerprint density at radius 2 is 2.08 bits per heavy atom. The van der Waals surface area contributed by atoms with Crippen LogP contribution in [0.4, 0.5) is 0 Å². The summed E-state index contributed by atoms with van der Waals surface area (Å²) < 4.78 is 35.3. The van der Waals surface area contributed by atoms with Crippen LogP contribution in [0, 0.1) is 6.92 Å². The van der Waals surface area contributed by atoms with Gasteiger partial charge in [0.1, 0.15) is 4.90 Å². The van der Waals surface area contributed by atoms with Crippen molar-refractivity contribution in [3.8, 4) is 0 Å². The Labute approximate surface area is 154 Å². The van der Waals surface area contributed by atoms with Crippen LogP contribution in [0.1, 0.15) is 24.4 Å². The molecule has 0 radical (unpaired) electrons. The highest BCUT2D eigenvalue weighted by atomic mass is 32.2. The van der Waals surface area contributed by atoms with Gasteiger partial charge in [0.2, 0.25) is 10.0 Å². The Morgan fingerprint density at radius 1 is 1.31 bits per heavy atom. The van der Waals surface area contributed by atoms with Crippen molar-refractivity contribution in [1.82, 2.24) is 24.4 Å². The van der Waals surface area contributed by atoms with Gasteiger partial charge in [-0.3, -0.25) is 14.6 Å². The van der Waals surface area contributed by atoms with Gasteiger partial charge in [0, 0.05) is 38.6 Å². The van der Waals surface area contributed by atoms with E-state index in [1.807, 2.05) is 25.1 Å². The molecule has 1 saturated heterocycles. The number of hydrogen-bond donors (Lipinski definition) is 1. The van der Waals surface area contributed by atoms with E-state index in [0.717, 1.165) is 18.8 Å². The fourth-order valence-electron chi connectivity index (χ4n) is 3.07. The van der Waals surface area contributed by atoms with Crippen LogP contribution >= 0.6 is 0 Å². The highest BCUT2D eigenvalue weighted by Crippen LogP contribution is 2.21. The van der Waals surface area contributed by atoms with Crippen LogP contribution in [-0.2, 0) is 21.3 Å². The molecule has 8 nitrogen and oxygen atoms in total. The number of pyridine rings is 1. The maximum absolute atomic E-state index is 12.8. The number of hydrogen-bond acceptors (Lipinski definition) is 6. The smallest absolute Gasteiger partial charge is 0.244 e. The third-order valence-electron chi connectivity index (χ3n) is 4.50. The van der Waals surface area contributed by atoms with Crippen molar-refractivity contribution < 1.29 is 13.2 Å². The molecule has 3 heterocycles. The Bertz CT molecular complexity index is 816. The molecule has 0 aliphatic carbocycles. The number of sulfonamides is 1. The maximum atomic E-state index is 12.8. The van der Waals surface area contributed by atoms with Gasteiger partial charge in [-0.25, -0.2) is 13.1 Å². The van der Waals surface area contributed by atoms with Gasteiger partial charge in [-0.05, 0) is 26.0 Å². The monoisotopic (exact) mass is 379 g/mol. The van der Waals surface area contributed by atoms with Gasteiger partial charge >= 0.3 is 0 Å². The lowest BCUT2D eigenvalue weighted by Crippen LogP contribution is -2.44. The summed E-state index contributed by atoms with van der Waals surface area (Å²) in [5.74, 6) is 0. The third kappa shape index (κ3) is 4.29. The first-order valence-electron chi connectivity index (χ1n) is 8.77. The van der Waals surface area contributed by atoms with Gasteiger partial charge in [0.15, 0.2) is 0 Å². The van der Waals surface area contributed by atoms with Crippen LogP contribution in [0.25, 0.3) is 0 Å². The molecule has 1 fully saturated rings. The molecule has 1 aliphatic rings. The minimum absolute atomic E-state index is 0.142. The summed E-state index contributed by atoms with van der Waals surface area (Å²) in [4.78, 5) is 6.86. The normalized spacial score (nSPS) is 17.3. The zero-order valence-electron chi connectivity index (χ0n) is 15.1. The molecule has 2 aromatic heterocycles. The number of nitrogens with one attached hydrogen (secondary N) is 1. The summed E-state index contributed by atoms with van der Waals surface area (Å²) in [6.07, 6.45) is 3.30. The molecular formula is C17H25N5O3S. The van der Waals surface area contributed by atoms with Crippen molar-refractivity contribution in [2.24, 2.45) is 0 Å². The third-order valence-corrected chi connectivity index (χ3v) is 6.02. The number of rotatable bonds is 7. The van der Waals surface area contributed by atoms with E-state index in [2.05, 4.69) is 19.7 Å². The van der Waals surface area contributed by atoms with Crippen LogP contribution in [0.5, 0.6) is 0 Å². The first-order chi connectivity index (χ1) is 12.5. The van der Waals surface area contributed by atoms with Crippen molar-refractivity contribution in [3.63, 3.8) is 0 Å². The predicted molar refractivity (Wildman–Crippen MR) is 97.2 cm³/mol. The minimum atomic E-state index is -3.64. The standard InChI is InChI=1S/C17H25N5O3S/c1-3-22-13-17(14(2)20-22)26(23,24)19-12-16(15-6-4-5-7-18-15)21-8-10-25-11-9-21/h4-7,13,16,19H,3,8-12H2,1-2H3. The average molecular weight is 379 g/mol. The van der Waals surface area contributed by atoms with Crippen molar-refractivity contribution in [2.45, 2.75) is 31.3 Å². The lowest BCUT2D eigenvalue weighted by molar-refractivity contribution is 0.0163. The number of aryl methyl sites for hydroxylation is 2. The summed E-state index contributed by atoms with van der Waals surface area (Å²) >= 11 is 0. The number of nitrogens with zero attached hydrogens (tertiary/aromatic N) is 4. The fraction of sp³-hybridized carbons (Fsp3) is 0.529. The van der Waals surface area contributed by atoms with Gasteiger partial charge < -0.3 is 4.74 Å². The van der Waals surface area contributed by atoms with Crippen LogP contribution in [0.15, 0.2) is 35.5 Å². The Hall–Kier alpha value is -1.81. The molecule has 0 bridgehead atoms. The molecule has 0 saturated carbocycles. The van der Waals surface area contributed by atoms with E-state index in [9.17, 15) is 8.42 Å². The first kappa shape index (κ1) is 19.0. The van der Waals surface area contributed by atoms with Gasteiger partial charge in [0.05, 0.1) is 30.6 Å². The van der Waals surface area contributed by atoms with Crippen molar-refractivity contribution >= 4 is 10.0 Å². The second-order valence-electron chi connectivity index (χ2n) is 6.21. The molecule has 26 heavy (non-hydrogen) atoms. The fourth-order valence-corrected chi connectivity index (χ4v) is 4.30. The number of morpholine rings is 1. The van der Waals surface area contributed by atoms with E-state index < -0.39 is 10.0 Å². The Balaban J connectivity index is 1.79. The summed E-state index contributed by atoms with van der Waals surface area (Å²) in [5.41, 5.74) is 1.35. The van der Waals surface area contributed by atoms with Gasteiger partial charge in [-0.2, -0.15) is 5.10 Å². The largest absolute Gasteiger partial charge is 0.379 e. The molecule has 1 atom stereocenters. The molecule has 2 aromatic rings. The number of aromatic nitrogens is 3. The van der Waals surface area contributed by atoms with Crippen LogP contribution in [-0.4, -0.2) is 60.9 Å². The second-order valence-corrected chi connectivity index (χ2v) is 7.94. The summed E-state index contributed by atoms with van der Waals surface area (Å²) in [7, 11) is -3.64. The molecule has 0 aromatic carbocycles. The molecular weight excluding hydrogens is 354 g/mol. The summed E-state index contributed by atoms with van der Waals surface area (Å²) in [6.45, 7) is 7.27. The van der Waals surface area contributed by atoms with Crippen molar-refractivity contribution in [3.05, 3.63) is 42.0 Å². The molecule has 0 spiro atoms. The van der Waals surface area contributed by atoms with E-state index in [4.69, 9.17) is 4.74 Å². The van der Waals surface area contributed by atoms with Gasteiger partial charge in [0.25, 0.3) is 0 Å². The summed E-state index contributed by atoms with van der Waals surface area (Å²) in [5, 5.41) is 4.23. The molecule has 1 N–H and O–H groups in total. The zero-order chi connectivity index (χ0) is 18.6. The van der Waals surface area contributed by atoms with Crippen LogP contribution in [0.3, 0.4) is 0 Å². The number of ether oxygens (including phenoxy) is 1. The molecule has 1 aliphatic heterocycles. The average Bonchev–Trinajstić information content (AvgIpc) is 3.05. The topological polar surface area (TPSA) is 89.4 Å².